The molecule has 0 saturated carbocycles. The Morgan fingerprint density at radius 2 is 1.95 bits per heavy atom. The summed E-state index contributed by atoms with van der Waals surface area (Å²) in [5.74, 6) is -0.351. The van der Waals surface area contributed by atoms with Gasteiger partial charge in [0.15, 0.2) is 0 Å². The van der Waals surface area contributed by atoms with E-state index < -0.39 is 0 Å². The fraction of sp³-hybridized carbons (Fsp3) is 0.200. The highest BCUT2D eigenvalue weighted by Crippen LogP contribution is 2.24. The second-order valence-corrected chi connectivity index (χ2v) is 5.60. The lowest BCUT2D eigenvalue weighted by Crippen LogP contribution is -2.19. The average molecular weight is 343 g/mol. The molecule has 0 bridgehead atoms. The van der Waals surface area contributed by atoms with Crippen molar-refractivity contribution in [3.63, 3.8) is 0 Å². The van der Waals surface area contributed by atoms with Crippen molar-refractivity contribution in [1.82, 2.24) is 5.32 Å². The van der Waals surface area contributed by atoms with Gasteiger partial charge in [-0.2, -0.15) is 0 Å². The first-order valence-corrected chi connectivity index (χ1v) is 7.17. The van der Waals surface area contributed by atoms with Crippen LogP contribution in [0.15, 0.2) is 46.9 Å². The Balaban J connectivity index is 2.07. The van der Waals surface area contributed by atoms with E-state index in [1.807, 2.05) is 31.2 Å². The van der Waals surface area contributed by atoms with Crippen LogP contribution in [0, 0.1) is 5.82 Å². The summed E-state index contributed by atoms with van der Waals surface area (Å²) < 4.78 is 14.8. The average Bonchev–Trinajstić information content (AvgIpc) is 2.40. The highest BCUT2D eigenvalue weighted by molar-refractivity contribution is 9.10. The molecule has 100 valence electrons. The molecule has 0 heterocycles. The molecule has 0 radical (unpaired) electrons. The lowest BCUT2D eigenvalue weighted by molar-refractivity contribution is 0.543. The fourth-order valence-electron chi connectivity index (χ4n) is 1.88. The zero-order chi connectivity index (χ0) is 13.8. The van der Waals surface area contributed by atoms with Gasteiger partial charge >= 0.3 is 0 Å². The molecule has 1 unspecified atom stereocenters. The molecule has 0 spiro atoms. The van der Waals surface area contributed by atoms with Crippen LogP contribution in [0.2, 0.25) is 5.02 Å². The fourth-order valence-corrected chi connectivity index (χ4v) is 2.71. The van der Waals surface area contributed by atoms with Crippen molar-refractivity contribution < 1.29 is 4.39 Å². The van der Waals surface area contributed by atoms with E-state index >= 15 is 0 Å². The maximum absolute atomic E-state index is 13.8. The lowest BCUT2D eigenvalue weighted by atomic mass is 10.1. The van der Waals surface area contributed by atoms with Gasteiger partial charge in [0.2, 0.25) is 0 Å². The smallest absolute Gasteiger partial charge is 0.146 e. The number of halogens is 3. The minimum Gasteiger partial charge on any atom is -0.306 e. The van der Waals surface area contributed by atoms with Crippen LogP contribution in [0.1, 0.15) is 24.1 Å². The third kappa shape index (κ3) is 3.56. The van der Waals surface area contributed by atoms with E-state index in [2.05, 4.69) is 21.2 Å². The Bertz CT molecular complexity index is 574. The maximum atomic E-state index is 13.8. The summed E-state index contributed by atoms with van der Waals surface area (Å²) in [5.41, 5.74) is 1.72. The molecule has 0 fully saturated rings. The van der Waals surface area contributed by atoms with Crippen molar-refractivity contribution in [3.8, 4) is 0 Å². The van der Waals surface area contributed by atoms with E-state index in [-0.39, 0.29) is 16.9 Å². The molecule has 0 aliphatic rings. The summed E-state index contributed by atoms with van der Waals surface area (Å²) in [6, 6.07) is 13.2. The van der Waals surface area contributed by atoms with Crippen molar-refractivity contribution in [2.75, 3.05) is 0 Å². The first kappa shape index (κ1) is 14.5. The third-order valence-corrected chi connectivity index (χ3v) is 4.02. The van der Waals surface area contributed by atoms with Gasteiger partial charge in [-0.25, -0.2) is 4.39 Å². The zero-order valence-corrected chi connectivity index (χ0v) is 12.8. The van der Waals surface area contributed by atoms with E-state index in [9.17, 15) is 4.39 Å². The van der Waals surface area contributed by atoms with Crippen molar-refractivity contribution in [1.29, 1.82) is 0 Å². The molecule has 0 saturated heterocycles. The molecule has 0 aliphatic heterocycles. The van der Waals surface area contributed by atoms with Crippen LogP contribution in [0.25, 0.3) is 0 Å². The van der Waals surface area contributed by atoms with Gasteiger partial charge < -0.3 is 5.32 Å². The van der Waals surface area contributed by atoms with Crippen molar-refractivity contribution >= 4 is 27.5 Å². The zero-order valence-electron chi connectivity index (χ0n) is 10.5. The minimum atomic E-state index is -0.351. The van der Waals surface area contributed by atoms with Gasteiger partial charge in [-0.3, -0.25) is 0 Å². The molecular formula is C15H14BrClFN. The van der Waals surface area contributed by atoms with Gasteiger partial charge in [0.1, 0.15) is 5.82 Å². The molecule has 1 nitrogen and oxygen atoms in total. The first-order valence-electron chi connectivity index (χ1n) is 6.00. The second-order valence-electron chi connectivity index (χ2n) is 4.34. The Hall–Kier alpha value is -0.900. The Kier molecular flexibility index (Phi) is 4.97. The van der Waals surface area contributed by atoms with Crippen LogP contribution >= 0.6 is 27.5 Å². The number of rotatable bonds is 4. The largest absolute Gasteiger partial charge is 0.306 e. The van der Waals surface area contributed by atoms with Gasteiger partial charge in [-0.05, 0) is 24.6 Å². The van der Waals surface area contributed by atoms with Gasteiger partial charge in [0.05, 0.1) is 5.02 Å². The molecular weight excluding hydrogens is 329 g/mol. The molecule has 2 aromatic carbocycles. The van der Waals surface area contributed by atoms with Crippen LogP contribution in [0.4, 0.5) is 4.39 Å². The normalized spacial score (nSPS) is 12.4. The summed E-state index contributed by atoms with van der Waals surface area (Å²) in [7, 11) is 0. The second kappa shape index (κ2) is 6.51. The molecule has 2 aromatic rings. The van der Waals surface area contributed by atoms with Gasteiger partial charge in [-0.15, -0.1) is 0 Å². The molecule has 4 heteroatoms. The molecule has 0 aliphatic carbocycles. The van der Waals surface area contributed by atoms with Crippen LogP contribution in [0.3, 0.4) is 0 Å². The summed E-state index contributed by atoms with van der Waals surface area (Å²) in [4.78, 5) is 0. The molecule has 19 heavy (non-hydrogen) atoms. The minimum absolute atomic E-state index is 0.119. The van der Waals surface area contributed by atoms with Crippen LogP contribution in [-0.4, -0.2) is 0 Å². The van der Waals surface area contributed by atoms with E-state index in [0.29, 0.717) is 12.1 Å². The van der Waals surface area contributed by atoms with E-state index in [1.165, 1.54) is 0 Å². The van der Waals surface area contributed by atoms with Crippen molar-refractivity contribution in [3.05, 3.63) is 68.9 Å². The van der Waals surface area contributed by atoms with Crippen molar-refractivity contribution in [2.45, 2.75) is 19.5 Å². The Morgan fingerprint density at radius 1 is 1.21 bits per heavy atom. The predicted octanol–water partition coefficient (Wildman–Crippen LogP) is 5.09. The summed E-state index contributed by atoms with van der Waals surface area (Å²) in [5, 5.41) is 3.46. The number of hydrogen-bond donors (Lipinski definition) is 1. The van der Waals surface area contributed by atoms with Gasteiger partial charge in [0, 0.05) is 22.6 Å². The summed E-state index contributed by atoms with van der Waals surface area (Å²) >= 11 is 9.28. The quantitative estimate of drug-likeness (QED) is 0.816. The highest BCUT2D eigenvalue weighted by Gasteiger charge is 2.10. The van der Waals surface area contributed by atoms with E-state index in [4.69, 9.17) is 11.6 Å². The van der Waals surface area contributed by atoms with Crippen LogP contribution in [-0.2, 0) is 6.54 Å². The number of nitrogens with one attached hydrogen (secondary N) is 1. The summed E-state index contributed by atoms with van der Waals surface area (Å²) in [6.07, 6.45) is 0. The standard InChI is InChI=1S/C15H14BrClFN/c1-10(12-6-2-3-7-13(12)16)19-9-11-5-4-8-14(17)15(11)18/h2-8,10,19H,9H2,1H3. The van der Waals surface area contributed by atoms with Crippen LogP contribution < -0.4 is 5.32 Å². The van der Waals surface area contributed by atoms with Gasteiger partial charge in [-0.1, -0.05) is 57.9 Å². The molecule has 2 rings (SSSR count). The monoisotopic (exact) mass is 341 g/mol. The van der Waals surface area contributed by atoms with Gasteiger partial charge in [0.25, 0.3) is 0 Å². The third-order valence-electron chi connectivity index (χ3n) is 3.00. The van der Waals surface area contributed by atoms with E-state index in [0.717, 1.165) is 10.0 Å². The van der Waals surface area contributed by atoms with Crippen molar-refractivity contribution in [2.24, 2.45) is 0 Å². The molecule has 1 atom stereocenters. The predicted molar refractivity (Wildman–Crippen MR) is 80.8 cm³/mol. The first-order chi connectivity index (χ1) is 9.09. The highest BCUT2D eigenvalue weighted by atomic mass is 79.9. The lowest BCUT2D eigenvalue weighted by Gasteiger charge is -2.16. The van der Waals surface area contributed by atoms with E-state index in [1.54, 1.807) is 18.2 Å². The number of benzene rings is 2. The molecule has 0 amide bonds. The Morgan fingerprint density at radius 3 is 2.68 bits per heavy atom. The van der Waals surface area contributed by atoms with Crippen LogP contribution in [0.5, 0.6) is 0 Å². The summed E-state index contributed by atoms with van der Waals surface area (Å²) in [6.45, 7) is 2.48. The topological polar surface area (TPSA) is 12.0 Å². The maximum Gasteiger partial charge on any atom is 0.146 e. The molecule has 1 N–H and O–H groups in total. The Labute approximate surface area is 125 Å². The number of hydrogen-bond acceptors (Lipinski definition) is 1. The SMILES string of the molecule is CC(NCc1cccc(Cl)c1F)c1ccccc1Br. The molecule has 0 aromatic heterocycles.